The van der Waals surface area contributed by atoms with Gasteiger partial charge in [-0.15, -0.1) is 0 Å². The summed E-state index contributed by atoms with van der Waals surface area (Å²) in [6.45, 7) is 4.41. The first-order valence-electron chi connectivity index (χ1n) is 11.5. The molecule has 1 aromatic heterocycles. The Morgan fingerprint density at radius 3 is 2.40 bits per heavy atom. The fourth-order valence-corrected chi connectivity index (χ4v) is 5.73. The van der Waals surface area contributed by atoms with Crippen molar-refractivity contribution in [3.63, 3.8) is 0 Å². The number of fused-ring (bicyclic) bond motifs is 1. The van der Waals surface area contributed by atoms with Crippen LogP contribution in [0.1, 0.15) is 32.6 Å². The number of hydrogen-bond donors (Lipinski definition) is 2. The fraction of sp³-hybridized carbons (Fsp3) is 0.714. The highest BCUT2D eigenvalue weighted by Gasteiger charge is 2.54. The van der Waals surface area contributed by atoms with E-state index in [1.807, 2.05) is 4.90 Å². The highest BCUT2D eigenvalue weighted by molar-refractivity contribution is 7.89. The van der Waals surface area contributed by atoms with Crippen LogP contribution in [0.5, 0.6) is 0 Å². The number of halogens is 3. The van der Waals surface area contributed by atoms with Crippen LogP contribution in [0.2, 0.25) is 0 Å². The first kappa shape index (κ1) is 27.1. The van der Waals surface area contributed by atoms with Crippen LogP contribution in [0.3, 0.4) is 0 Å². The summed E-state index contributed by atoms with van der Waals surface area (Å²) in [7, 11) is -3.28. The van der Waals surface area contributed by atoms with Crippen LogP contribution >= 0.6 is 0 Å². The normalized spacial score (nSPS) is 25.1. The molecule has 2 aliphatic heterocycles. The SMILES string of the molecule is CCS(=O)(=O)N1CCC[C@]2(C(=O)NCC3CC3)CN(c3ncccn3)C[C@@H]2C1.O=C(O)C(F)(F)F. The minimum absolute atomic E-state index is 0.0681. The lowest BCUT2D eigenvalue weighted by Gasteiger charge is -2.32. The molecule has 3 aliphatic rings. The molecule has 0 unspecified atom stereocenters. The van der Waals surface area contributed by atoms with Crippen LogP contribution in [-0.2, 0) is 19.6 Å². The Kier molecular flexibility index (Phi) is 8.25. The number of hydrogen-bond acceptors (Lipinski definition) is 7. The number of carboxylic acid groups (broad SMARTS) is 1. The summed E-state index contributed by atoms with van der Waals surface area (Å²) in [6.07, 6.45) is 2.06. The summed E-state index contributed by atoms with van der Waals surface area (Å²) in [5.74, 6) is -1.46. The van der Waals surface area contributed by atoms with E-state index < -0.39 is 27.6 Å². The third kappa shape index (κ3) is 6.60. The third-order valence-electron chi connectivity index (χ3n) is 6.69. The molecule has 0 radical (unpaired) electrons. The van der Waals surface area contributed by atoms with E-state index in [0.29, 0.717) is 50.9 Å². The molecule has 0 bridgehead atoms. The van der Waals surface area contributed by atoms with Crippen molar-refractivity contribution in [2.24, 2.45) is 17.3 Å². The van der Waals surface area contributed by atoms with Crippen molar-refractivity contribution in [1.82, 2.24) is 19.6 Å². The highest BCUT2D eigenvalue weighted by atomic mass is 32.2. The molecule has 196 valence electrons. The van der Waals surface area contributed by atoms with Gasteiger partial charge in [-0.05, 0) is 44.6 Å². The molecular weight excluding hydrogens is 491 g/mol. The van der Waals surface area contributed by atoms with Crippen LogP contribution in [0.4, 0.5) is 19.1 Å². The van der Waals surface area contributed by atoms with Gasteiger partial charge in [0.15, 0.2) is 0 Å². The first-order valence-corrected chi connectivity index (χ1v) is 13.1. The van der Waals surface area contributed by atoms with Crippen molar-refractivity contribution >= 4 is 27.8 Å². The molecule has 3 heterocycles. The van der Waals surface area contributed by atoms with E-state index in [1.165, 1.54) is 12.8 Å². The number of carbonyl (C=O) groups is 2. The molecule has 3 fully saturated rings. The Morgan fingerprint density at radius 2 is 1.86 bits per heavy atom. The van der Waals surface area contributed by atoms with Crippen molar-refractivity contribution in [3.8, 4) is 0 Å². The molecule has 0 spiro atoms. The number of aliphatic carboxylic acids is 1. The minimum atomic E-state index is -5.08. The molecule has 1 aromatic rings. The second-order valence-corrected chi connectivity index (χ2v) is 11.4. The zero-order chi connectivity index (χ0) is 25.9. The maximum Gasteiger partial charge on any atom is 0.490 e. The molecule has 1 saturated carbocycles. The molecule has 35 heavy (non-hydrogen) atoms. The predicted molar refractivity (Wildman–Crippen MR) is 120 cm³/mol. The minimum Gasteiger partial charge on any atom is -0.475 e. The Balaban J connectivity index is 0.000000429. The Labute approximate surface area is 202 Å². The molecule has 1 amide bonds. The summed E-state index contributed by atoms with van der Waals surface area (Å²) >= 11 is 0. The number of amides is 1. The van der Waals surface area contributed by atoms with E-state index >= 15 is 0 Å². The third-order valence-corrected chi connectivity index (χ3v) is 8.53. The van der Waals surface area contributed by atoms with Crippen LogP contribution in [0, 0.1) is 17.3 Å². The van der Waals surface area contributed by atoms with Crippen molar-refractivity contribution in [2.45, 2.75) is 38.8 Å². The van der Waals surface area contributed by atoms with Gasteiger partial charge in [0, 0.05) is 51.0 Å². The number of rotatable bonds is 6. The number of carboxylic acids is 1. The van der Waals surface area contributed by atoms with Crippen LogP contribution in [0.25, 0.3) is 0 Å². The number of aromatic nitrogens is 2. The predicted octanol–water partition coefficient (Wildman–Crippen LogP) is 1.50. The second-order valence-electron chi connectivity index (χ2n) is 9.10. The van der Waals surface area contributed by atoms with Gasteiger partial charge in [-0.25, -0.2) is 27.5 Å². The first-order chi connectivity index (χ1) is 16.4. The molecule has 1 aliphatic carbocycles. The zero-order valence-electron chi connectivity index (χ0n) is 19.4. The summed E-state index contributed by atoms with van der Waals surface area (Å²) in [5.41, 5.74) is -0.591. The lowest BCUT2D eigenvalue weighted by molar-refractivity contribution is -0.192. The molecule has 0 aromatic carbocycles. The van der Waals surface area contributed by atoms with Gasteiger partial charge in [-0.3, -0.25) is 4.79 Å². The second kappa shape index (κ2) is 10.6. The summed E-state index contributed by atoms with van der Waals surface area (Å²) in [6, 6.07) is 1.77. The molecule has 2 N–H and O–H groups in total. The Bertz CT molecular complexity index is 1010. The van der Waals surface area contributed by atoms with Crippen LogP contribution < -0.4 is 10.2 Å². The quantitative estimate of drug-likeness (QED) is 0.576. The standard InChI is InChI=1S/C19H29N5O3S.C2HF3O2/c1-2-28(26,27)24-10-3-7-19(17(25)22-11-15-5-6-15)14-23(12-16(19)13-24)18-20-8-4-9-21-18;3-2(4,5)1(6)7/h4,8-9,15-16H,2-3,5-7,10-14H2,1H3,(H,22,25);(H,6,7)/t16-,19+;/m1./s1. The summed E-state index contributed by atoms with van der Waals surface area (Å²) < 4.78 is 58.4. The lowest BCUT2D eigenvalue weighted by Crippen LogP contribution is -2.48. The van der Waals surface area contributed by atoms with Gasteiger partial charge in [0.2, 0.25) is 21.9 Å². The van der Waals surface area contributed by atoms with Gasteiger partial charge in [-0.2, -0.15) is 13.2 Å². The van der Waals surface area contributed by atoms with Crippen molar-refractivity contribution < 1.29 is 36.3 Å². The number of anilines is 1. The van der Waals surface area contributed by atoms with E-state index in [-0.39, 0.29) is 17.6 Å². The van der Waals surface area contributed by atoms with E-state index in [9.17, 15) is 26.4 Å². The Hall–Kier alpha value is -2.48. The number of nitrogens with one attached hydrogen (secondary N) is 1. The van der Waals surface area contributed by atoms with Crippen molar-refractivity contribution in [3.05, 3.63) is 18.5 Å². The number of carbonyl (C=O) groups excluding carboxylic acids is 1. The Morgan fingerprint density at radius 1 is 1.23 bits per heavy atom. The fourth-order valence-electron chi connectivity index (χ4n) is 4.55. The molecule has 10 nitrogen and oxygen atoms in total. The highest BCUT2D eigenvalue weighted by Crippen LogP contribution is 2.44. The zero-order valence-corrected chi connectivity index (χ0v) is 20.2. The van der Waals surface area contributed by atoms with Gasteiger partial charge in [0.1, 0.15) is 0 Å². The van der Waals surface area contributed by atoms with Gasteiger partial charge in [0.25, 0.3) is 0 Å². The van der Waals surface area contributed by atoms with Crippen LogP contribution in [-0.4, -0.2) is 84.3 Å². The van der Waals surface area contributed by atoms with Gasteiger partial charge in [0.05, 0.1) is 11.2 Å². The van der Waals surface area contributed by atoms with Gasteiger partial charge in [-0.1, -0.05) is 0 Å². The van der Waals surface area contributed by atoms with Gasteiger partial charge >= 0.3 is 12.1 Å². The van der Waals surface area contributed by atoms with E-state index in [1.54, 1.807) is 29.7 Å². The lowest BCUT2D eigenvalue weighted by atomic mass is 9.74. The number of sulfonamides is 1. The van der Waals surface area contributed by atoms with Crippen molar-refractivity contribution in [1.29, 1.82) is 0 Å². The van der Waals surface area contributed by atoms with Crippen LogP contribution in [0.15, 0.2) is 18.5 Å². The molecule has 2 saturated heterocycles. The van der Waals surface area contributed by atoms with E-state index in [4.69, 9.17) is 9.90 Å². The maximum absolute atomic E-state index is 13.3. The average Bonchev–Trinajstić information content (AvgIpc) is 3.60. The van der Waals surface area contributed by atoms with E-state index in [0.717, 1.165) is 6.54 Å². The number of alkyl halides is 3. The molecule has 4 rings (SSSR count). The van der Waals surface area contributed by atoms with E-state index in [2.05, 4.69) is 15.3 Å². The van der Waals surface area contributed by atoms with Gasteiger partial charge < -0.3 is 15.3 Å². The molecule has 2 atom stereocenters. The maximum atomic E-state index is 13.3. The molecule has 14 heteroatoms. The number of nitrogens with zero attached hydrogens (tertiary/aromatic N) is 4. The van der Waals surface area contributed by atoms with Crippen molar-refractivity contribution in [2.75, 3.05) is 43.4 Å². The smallest absolute Gasteiger partial charge is 0.475 e. The largest absolute Gasteiger partial charge is 0.490 e. The molecular formula is C21H30F3N5O5S. The summed E-state index contributed by atoms with van der Waals surface area (Å²) in [5, 5.41) is 10.3. The topological polar surface area (TPSA) is 133 Å². The average molecular weight is 522 g/mol. The monoisotopic (exact) mass is 521 g/mol. The summed E-state index contributed by atoms with van der Waals surface area (Å²) in [4.78, 5) is 33.0.